The molecule has 136 valence electrons. The third kappa shape index (κ3) is 4.10. The maximum atomic E-state index is 11.5. The molecule has 0 spiro atoms. The Morgan fingerprint density at radius 1 is 1.19 bits per heavy atom. The van der Waals surface area contributed by atoms with Crippen LogP contribution in [0.1, 0.15) is 10.6 Å². The standard InChI is InChI=1S/C16H15N3O5S2/c17-26(22,23)14-5-6-15(16(9-14)19(20)21)18(10-12-3-1-7-24-12)11-13-4-2-8-25-13/h1-9H,10-11H2,(H2,17,22,23). The summed E-state index contributed by atoms with van der Waals surface area (Å²) in [4.78, 5) is 13.4. The first kappa shape index (κ1) is 18.1. The molecular weight excluding hydrogens is 378 g/mol. The van der Waals surface area contributed by atoms with Gasteiger partial charge in [-0.3, -0.25) is 10.1 Å². The van der Waals surface area contributed by atoms with Crippen LogP contribution in [0.15, 0.2) is 63.4 Å². The number of anilines is 1. The second-order valence-corrected chi connectivity index (χ2v) is 8.06. The zero-order valence-corrected chi connectivity index (χ0v) is 15.1. The van der Waals surface area contributed by atoms with Crippen molar-refractivity contribution < 1.29 is 17.8 Å². The molecule has 2 N–H and O–H groups in total. The summed E-state index contributed by atoms with van der Waals surface area (Å²) in [7, 11) is -4.04. The molecule has 2 aromatic heterocycles. The van der Waals surface area contributed by atoms with E-state index in [-0.39, 0.29) is 16.3 Å². The van der Waals surface area contributed by atoms with Gasteiger partial charge in [-0.1, -0.05) is 6.07 Å². The normalized spacial score (nSPS) is 11.4. The fourth-order valence-electron chi connectivity index (χ4n) is 2.50. The lowest BCUT2D eigenvalue weighted by Crippen LogP contribution is -2.23. The van der Waals surface area contributed by atoms with Crippen LogP contribution in [0.2, 0.25) is 0 Å². The molecule has 0 unspecified atom stereocenters. The van der Waals surface area contributed by atoms with Crippen LogP contribution in [-0.2, 0) is 23.1 Å². The van der Waals surface area contributed by atoms with Crippen molar-refractivity contribution in [3.05, 3.63) is 74.9 Å². The summed E-state index contributed by atoms with van der Waals surface area (Å²) >= 11 is 1.52. The van der Waals surface area contributed by atoms with Gasteiger partial charge in [0.15, 0.2) is 0 Å². The minimum Gasteiger partial charge on any atom is -0.467 e. The largest absolute Gasteiger partial charge is 0.467 e. The second-order valence-electron chi connectivity index (χ2n) is 5.47. The predicted octanol–water partition coefficient (Wildman–Crippen LogP) is 3.10. The van der Waals surface area contributed by atoms with Crippen molar-refractivity contribution in [1.82, 2.24) is 0 Å². The summed E-state index contributed by atoms with van der Waals surface area (Å²) in [6.45, 7) is 0.703. The maximum absolute atomic E-state index is 11.5. The number of hydrogen-bond donors (Lipinski definition) is 1. The topological polar surface area (TPSA) is 120 Å². The number of nitrogens with zero attached hydrogens (tertiary/aromatic N) is 2. The number of furan rings is 1. The molecule has 8 nitrogen and oxygen atoms in total. The van der Waals surface area contributed by atoms with Crippen LogP contribution in [0.3, 0.4) is 0 Å². The summed E-state index contributed by atoms with van der Waals surface area (Å²) in [5, 5.41) is 18.5. The highest BCUT2D eigenvalue weighted by Crippen LogP contribution is 2.33. The van der Waals surface area contributed by atoms with Gasteiger partial charge < -0.3 is 9.32 Å². The Morgan fingerprint density at radius 2 is 2.00 bits per heavy atom. The number of benzene rings is 1. The lowest BCUT2D eigenvalue weighted by molar-refractivity contribution is -0.384. The van der Waals surface area contributed by atoms with Crippen molar-refractivity contribution in [2.24, 2.45) is 5.14 Å². The molecule has 3 aromatic rings. The molecule has 0 radical (unpaired) electrons. The molecule has 0 saturated heterocycles. The minimum atomic E-state index is -4.04. The third-order valence-electron chi connectivity index (χ3n) is 3.67. The Kier molecular flexibility index (Phi) is 5.07. The lowest BCUT2D eigenvalue weighted by atomic mass is 10.2. The van der Waals surface area contributed by atoms with E-state index in [4.69, 9.17) is 9.56 Å². The van der Waals surface area contributed by atoms with Crippen molar-refractivity contribution in [3.8, 4) is 0 Å². The molecule has 10 heteroatoms. The molecule has 0 saturated carbocycles. The van der Waals surface area contributed by atoms with E-state index in [9.17, 15) is 18.5 Å². The molecule has 0 fully saturated rings. The summed E-state index contributed by atoms with van der Waals surface area (Å²) in [5.74, 6) is 0.631. The maximum Gasteiger partial charge on any atom is 0.293 e. The number of nitro groups is 1. The van der Waals surface area contributed by atoms with Gasteiger partial charge in [0.1, 0.15) is 11.4 Å². The molecule has 0 aliphatic rings. The van der Waals surface area contributed by atoms with Gasteiger partial charge in [-0.05, 0) is 35.7 Å². The molecule has 2 heterocycles. The van der Waals surface area contributed by atoms with E-state index in [1.165, 1.54) is 29.7 Å². The number of rotatable bonds is 7. The Labute approximate surface area is 153 Å². The predicted molar refractivity (Wildman–Crippen MR) is 97.4 cm³/mol. The molecule has 0 aliphatic heterocycles. The number of primary sulfonamides is 1. The van der Waals surface area contributed by atoms with E-state index in [0.29, 0.717) is 18.8 Å². The van der Waals surface area contributed by atoms with Crippen LogP contribution < -0.4 is 10.0 Å². The zero-order valence-electron chi connectivity index (χ0n) is 13.4. The SMILES string of the molecule is NS(=O)(=O)c1ccc(N(Cc2ccco2)Cc2cccs2)c([N+](=O)[O-])c1. The molecule has 0 aliphatic carbocycles. The molecule has 3 rings (SSSR count). The van der Waals surface area contributed by atoms with E-state index >= 15 is 0 Å². The lowest BCUT2D eigenvalue weighted by Gasteiger charge is -2.23. The summed E-state index contributed by atoms with van der Waals surface area (Å²) in [6, 6.07) is 11.0. The number of nitrogens with two attached hydrogens (primary N) is 1. The summed E-state index contributed by atoms with van der Waals surface area (Å²) in [6.07, 6.45) is 1.52. The quantitative estimate of drug-likeness (QED) is 0.486. The van der Waals surface area contributed by atoms with Gasteiger partial charge in [-0.15, -0.1) is 11.3 Å². The number of sulfonamides is 1. The van der Waals surface area contributed by atoms with Gasteiger partial charge in [-0.25, -0.2) is 13.6 Å². The van der Waals surface area contributed by atoms with Crippen LogP contribution >= 0.6 is 11.3 Å². The van der Waals surface area contributed by atoms with E-state index in [1.54, 1.807) is 17.0 Å². The minimum absolute atomic E-state index is 0.284. The highest BCUT2D eigenvalue weighted by Gasteiger charge is 2.24. The fraction of sp³-hybridized carbons (Fsp3) is 0.125. The van der Waals surface area contributed by atoms with Crippen LogP contribution in [0, 0.1) is 10.1 Å². The van der Waals surface area contributed by atoms with Crippen molar-refractivity contribution >= 4 is 32.7 Å². The average Bonchev–Trinajstić information content (AvgIpc) is 3.26. The Bertz CT molecular complexity index is 962. The van der Waals surface area contributed by atoms with Crippen molar-refractivity contribution in [2.75, 3.05) is 4.90 Å². The highest BCUT2D eigenvalue weighted by atomic mass is 32.2. The molecule has 1 aromatic carbocycles. The first-order valence-electron chi connectivity index (χ1n) is 7.45. The first-order valence-corrected chi connectivity index (χ1v) is 9.88. The van der Waals surface area contributed by atoms with E-state index in [1.807, 2.05) is 17.5 Å². The van der Waals surface area contributed by atoms with Crippen molar-refractivity contribution in [3.63, 3.8) is 0 Å². The van der Waals surface area contributed by atoms with Gasteiger partial charge in [0.25, 0.3) is 5.69 Å². The Hall–Kier alpha value is -2.69. The number of hydrogen-bond acceptors (Lipinski definition) is 7. The molecule has 0 bridgehead atoms. The van der Waals surface area contributed by atoms with E-state index < -0.39 is 14.9 Å². The average molecular weight is 393 g/mol. The van der Waals surface area contributed by atoms with Crippen LogP contribution in [0.4, 0.5) is 11.4 Å². The van der Waals surface area contributed by atoms with Gasteiger partial charge in [0.05, 0.1) is 29.2 Å². The number of thiophene rings is 1. The van der Waals surface area contributed by atoms with Gasteiger partial charge in [0, 0.05) is 10.9 Å². The van der Waals surface area contributed by atoms with Gasteiger partial charge in [0.2, 0.25) is 10.0 Å². The second kappa shape index (κ2) is 7.28. The smallest absolute Gasteiger partial charge is 0.293 e. The van der Waals surface area contributed by atoms with Gasteiger partial charge in [-0.2, -0.15) is 0 Å². The van der Waals surface area contributed by atoms with E-state index in [0.717, 1.165) is 10.9 Å². The molecule has 0 atom stereocenters. The summed E-state index contributed by atoms with van der Waals surface area (Å²) < 4.78 is 28.4. The van der Waals surface area contributed by atoms with Crippen molar-refractivity contribution in [1.29, 1.82) is 0 Å². The van der Waals surface area contributed by atoms with Crippen LogP contribution in [0.25, 0.3) is 0 Å². The van der Waals surface area contributed by atoms with E-state index in [2.05, 4.69) is 0 Å². The summed E-state index contributed by atoms with van der Waals surface area (Å²) in [5.41, 5.74) is -0.0492. The van der Waals surface area contributed by atoms with Gasteiger partial charge >= 0.3 is 0 Å². The Morgan fingerprint density at radius 3 is 2.58 bits per heavy atom. The van der Waals surface area contributed by atoms with Crippen molar-refractivity contribution in [2.45, 2.75) is 18.0 Å². The zero-order chi connectivity index (χ0) is 18.7. The molecule has 0 amide bonds. The Balaban J connectivity index is 2.05. The fourth-order valence-corrected chi connectivity index (χ4v) is 3.75. The monoisotopic (exact) mass is 393 g/mol. The van der Waals surface area contributed by atoms with Crippen LogP contribution in [-0.4, -0.2) is 13.3 Å². The first-order chi connectivity index (χ1) is 12.3. The van der Waals surface area contributed by atoms with Crippen LogP contribution in [0.5, 0.6) is 0 Å². The molecule has 26 heavy (non-hydrogen) atoms. The highest BCUT2D eigenvalue weighted by molar-refractivity contribution is 7.89. The third-order valence-corrected chi connectivity index (χ3v) is 5.44. The molecular formula is C16H15N3O5S2. The number of nitro benzene ring substituents is 1.